The van der Waals surface area contributed by atoms with Gasteiger partial charge in [0.1, 0.15) is 0 Å². The van der Waals surface area contributed by atoms with Crippen molar-refractivity contribution in [2.45, 2.75) is 6.54 Å². The molecule has 0 aliphatic carbocycles. The molecular formula is C12H14N2. The number of nitrogens with zero attached hydrogens (tertiary/aromatic N) is 1. The summed E-state index contributed by atoms with van der Waals surface area (Å²) in [5, 5.41) is 3.20. The van der Waals surface area contributed by atoms with E-state index in [0.717, 1.165) is 12.2 Å². The molecule has 0 spiro atoms. The Bertz CT molecular complexity index is 325. The van der Waals surface area contributed by atoms with Gasteiger partial charge in [-0.05, 0) is 18.4 Å². The van der Waals surface area contributed by atoms with E-state index < -0.39 is 0 Å². The topological polar surface area (TPSA) is 24.4 Å². The van der Waals surface area contributed by atoms with Crippen molar-refractivity contribution in [1.29, 1.82) is 0 Å². The van der Waals surface area contributed by atoms with Crippen LogP contribution in [-0.4, -0.2) is 6.72 Å². The predicted molar refractivity (Wildman–Crippen MR) is 61.1 cm³/mol. The third-order valence-corrected chi connectivity index (χ3v) is 1.79. The summed E-state index contributed by atoms with van der Waals surface area (Å²) < 4.78 is 0. The zero-order chi connectivity index (χ0) is 10.2. The monoisotopic (exact) mass is 186 g/mol. The van der Waals surface area contributed by atoms with E-state index in [2.05, 4.69) is 35.7 Å². The zero-order valence-corrected chi connectivity index (χ0v) is 8.11. The first kappa shape index (κ1) is 10.3. The minimum absolute atomic E-state index is 0.772. The Balaban J connectivity index is 2.52. The molecule has 1 aromatic rings. The third kappa shape index (κ3) is 3.27. The maximum Gasteiger partial charge on any atom is 0.0522 e. The molecule has 0 amide bonds. The van der Waals surface area contributed by atoms with Crippen molar-refractivity contribution in [3.05, 3.63) is 60.4 Å². The van der Waals surface area contributed by atoms with Crippen LogP contribution in [0.1, 0.15) is 5.56 Å². The van der Waals surface area contributed by atoms with Gasteiger partial charge in [-0.15, -0.1) is 0 Å². The van der Waals surface area contributed by atoms with Gasteiger partial charge in [0.2, 0.25) is 0 Å². The average molecular weight is 186 g/mol. The molecule has 2 nitrogen and oxygen atoms in total. The van der Waals surface area contributed by atoms with Gasteiger partial charge in [0.25, 0.3) is 0 Å². The summed E-state index contributed by atoms with van der Waals surface area (Å²) in [5.74, 6) is 0. The highest BCUT2D eigenvalue weighted by Gasteiger charge is 1.91. The number of allylic oxidation sites excluding steroid dienone is 1. The first-order chi connectivity index (χ1) is 6.86. The van der Waals surface area contributed by atoms with Crippen LogP contribution in [0.4, 0.5) is 0 Å². The SMILES string of the molecule is C=C/C(=C\N=C)NCc1ccccc1. The lowest BCUT2D eigenvalue weighted by molar-refractivity contribution is 0.831. The highest BCUT2D eigenvalue weighted by atomic mass is 14.9. The van der Waals surface area contributed by atoms with E-state index in [1.165, 1.54) is 5.56 Å². The van der Waals surface area contributed by atoms with E-state index in [9.17, 15) is 0 Å². The highest BCUT2D eigenvalue weighted by molar-refractivity contribution is 5.28. The second kappa shape index (κ2) is 5.75. The van der Waals surface area contributed by atoms with Crippen LogP contribution in [-0.2, 0) is 6.54 Å². The van der Waals surface area contributed by atoms with Crippen LogP contribution in [0.2, 0.25) is 0 Å². The van der Waals surface area contributed by atoms with Crippen LogP contribution in [0, 0.1) is 0 Å². The molecular weight excluding hydrogens is 172 g/mol. The Morgan fingerprint density at radius 2 is 2.07 bits per heavy atom. The molecule has 0 saturated heterocycles. The van der Waals surface area contributed by atoms with Crippen molar-refractivity contribution in [2.24, 2.45) is 4.99 Å². The highest BCUT2D eigenvalue weighted by Crippen LogP contribution is 1.99. The number of hydrogen-bond acceptors (Lipinski definition) is 2. The van der Waals surface area contributed by atoms with Gasteiger partial charge < -0.3 is 5.32 Å². The lowest BCUT2D eigenvalue weighted by atomic mass is 10.2. The largest absolute Gasteiger partial charge is 0.380 e. The Morgan fingerprint density at radius 1 is 1.36 bits per heavy atom. The van der Waals surface area contributed by atoms with Gasteiger partial charge in [-0.3, -0.25) is 4.99 Å². The van der Waals surface area contributed by atoms with Crippen molar-refractivity contribution in [3.63, 3.8) is 0 Å². The van der Waals surface area contributed by atoms with Gasteiger partial charge in [-0.1, -0.05) is 36.9 Å². The first-order valence-corrected chi connectivity index (χ1v) is 4.43. The smallest absolute Gasteiger partial charge is 0.0522 e. The molecule has 0 atom stereocenters. The maximum atomic E-state index is 3.67. The van der Waals surface area contributed by atoms with E-state index in [4.69, 9.17) is 0 Å². The predicted octanol–water partition coefficient (Wildman–Crippen LogP) is 2.50. The summed E-state index contributed by atoms with van der Waals surface area (Å²) >= 11 is 0. The van der Waals surface area contributed by atoms with Crippen LogP contribution in [0.15, 0.2) is 59.9 Å². The van der Waals surface area contributed by atoms with E-state index in [0.29, 0.717) is 0 Å². The number of nitrogens with one attached hydrogen (secondary N) is 1. The van der Waals surface area contributed by atoms with Gasteiger partial charge in [0, 0.05) is 12.7 Å². The summed E-state index contributed by atoms with van der Waals surface area (Å²) in [7, 11) is 0. The van der Waals surface area contributed by atoms with E-state index in [-0.39, 0.29) is 0 Å². The van der Waals surface area contributed by atoms with Crippen LogP contribution < -0.4 is 5.32 Å². The molecule has 0 bridgehead atoms. The second-order valence-corrected chi connectivity index (χ2v) is 2.81. The van der Waals surface area contributed by atoms with Crippen LogP contribution >= 0.6 is 0 Å². The van der Waals surface area contributed by atoms with Crippen molar-refractivity contribution in [3.8, 4) is 0 Å². The summed E-state index contributed by atoms with van der Waals surface area (Å²) in [6, 6.07) is 10.2. The number of hydrogen-bond donors (Lipinski definition) is 1. The molecule has 72 valence electrons. The second-order valence-electron chi connectivity index (χ2n) is 2.81. The fraction of sp³-hybridized carbons (Fsp3) is 0.0833. The molecule has 0 radical (unpaired) electrons. The van der Waals surface area contributed by atoms with Gasteiger partial charge >= 0.3 is 0 Å². The van der Waals surface area contributed by atoms with Crippen molar-refractivity contribution < 1.29 is 0 Å². The normalized spacial score (nSPS) is 10.7. The minimum Gasteiger partial charge on any atom is -0.380 e. The first-order valence-electron chi connectivity index (χ1n) is 4.43. The van der Waals surface area contributed by atoms with Crippen molar-refractivity contribution >= 4 is 6.72 Å². The Kier molecular flexibility index (Phi) is 4.21. The van der Waals surface area contributed by atoms with Gasteiger partial charge in [0.15, 0.2) is 0 Å². The third-order valence-electron chi connectivity index (χ3n) is 1.79. The fourth-order valence-corrected chi connectivity index (χ4v) is 1.07. The molecule has 1 aromatic carbocycles. The van der Waals surface area contributed by atoms with Crippen molar-refractivity contribution in [2.75, 3.05) is 0 Å². The average Bonchev–Trinajstić information content (AvgIpc) is 2.25. The Labute approximate surface area is 84.7 Å². The van der Waals surface area contributed by atoms with Gasteiger partial charge in [-0.2, -0.15) is 0 Å². The Hall–Kier alpha value is -1.83. The number of benzene rings is 1. The number of aliphatic imine (C=N–C) groups is 1. The molecule has 1 rings (SSSR count). The molecule has 0 aliphatic rings. The molecule has 0 heterocycles. The van der Waals surface area contributed by atoms with Crippen molar-refractivity contribution in [1.82, 2.24) is 5.32 Å². The summed E-state index contributed by atoms with van der Waals surface area (Å²) in [6.07, 6.45) is 3.37. The molecule has 2 heteroatoms. The van der Waals surface area contributed by atoms with E-state index >= 15 is 0 Å². The standard InChI is InChI=1S/C12H14N2/c1-3-12(10-13-2)14-9-11-7-5-4-6-8-11/h3-8,10,14H,1-2,9H2/b12-10+. The quantitative estimate of drug-likeness (QED) is 0.554. The summed E-state index contributed by atoms with van der Waals surface area (Å²) in [4.78, 5) is 3.67. The molecule has 0 saturated carbocycles. The fourth-order valence-electron chi connectivity index (χ4n) is 1.07. The molecule has 14 heavy (non-hydrogen) atoms. The summed E-state index contributed by atoms with van der Waals surface area (Å²) in [5.41, 5.74) is 2.10. The van der Waals surface area contributed by atoms with E-state index in [1.54, 1.807) is 12.3 Å². The lowest BCUT2D eigenvalue weighted by Crippen LogP contribution is -2.10. The minimum atomic E-state index is 0.772. The van der Waals surface area contributed by atoms with Gasteiger partial charge in [0.05, 0.1) is 5.70 Å². The number of rotatable bonds is 5. The molecule has 0 unspecified atom stereocenters. The molecule has 0 aliphatic heterocycles. The molecule has 0 aromatic heterocycles. The Morgan fingerprint density at radius 3 is 2.64 bits per heavy atom. The van der Waals surface area contributed by atoms with Gasteiger partial charge in [-0.25, -0.2) is 0 Å². The maximum absolute atomic E-state index is 3.67. The lowest BCUT2D eigenvalue weighted by Gasteiger charge is -2.05. The van der Waals surface area contributed by atoms with E-state index in [1.807, 2.05) is 18.2 Å². The summed E-state index contributed by atoms with van der Waals surface area (Å²) in [6.45, 7) is 7.83. The van der Waals surface area contributed by atoms with Crippen LogP contribution in [0.25, 0.3) is 0 Å². The van der Waals surface area contributed by atoms with Crippen LogP contribution in [0.5, 0.6) is 0 Å². The zero-order valence-electron chi connectivity index (χ0n) is 8.11. The molecule has 0 fully saturated rings. The van der Waals surface area contributed by atoms with Crippen LogP contribution in [0.3, 0.4) is 0 Å². The molecule has 1 N–H and O–H groups in total.